The Balaban J connectivity index is 1.88. The van der Waals surface area contributed by atoms with Gasteiger partial charge in [0, 0.05) is 12.6 Å². The third kappa shape index (κ3) is 3.14. The fourth-order valence-corrected chi connectivity index (χ4v) is 6.09. The lowest BCUT2D eigenvalue weighted by Gasteiger charge is -2.40. The van der Waals surface area contributed by atoms with Crippen LogP contribution in [-0.2, 0) is 23.9 Å². The summed E-state index contributed by atoms with van der Waals surface area (Å²) in [5.74, 6) is -2.79. The first-order chi connectivity index (χ1) is 15.3. The van der Waals surface area contributed by atoms with Gasteiger partial charge in [0.15, 0.2) is 0 Å². The van der Waals surface area contributed by atoms with Gasteiger partial charge in [-0.2, -0.15) is 0 Å². The molecule has 0 aliphatic carbocycles. The summed E-state index contributed by atoms with van der Waals surface area (Å²) < 4.78 is 12.0. The molecule has 1 spiro atoms. The average molecular weight is 447 g/mol. The van der Waals surface area contributed by atoms with Gasteiger partial charge in [0.25, 0.3) is 0 Å². The van der Waals surface area contributed by atoms with E-state index in [0.717, 1.165) is 12.8 Å². The highest BCUT2D eigenvalue weighted by Gasteiger charge is 2.75. The summed E-state index contributed by atoms with van der Waals surface area (Å²) in [7, 11) is 0. The van der Waals surface area contributed by atoms with Gasteiger partial charge in [0.05, 0.1) is 24.2 Å². The Bertz CT molecular complexity index is 851. The number of likely N-dealkylation sites (tertiary alicyclic amines) is 1. The molecule has 0 saturated carbocycles. The molecule has 8 nitrogen and oxygen atoms in total. The maximum Gasteiger partial charge on any atom is 0.313 e. The van der Waals surface area contributed by atoms with Crippen LogP contribution < -0.4 is 0 Å². The summed E-state index contributed by atoms with van der Waals surface area (Å²) in [5.41, 5.74) is -2.36. The Labute approximate surface area is 189 Å². The van der Waals surface area contributed by atoms with Gasteiger partial charge in [-0.15, -0.1) is 0 Å². The molecule has 4 rings (SSSR count). The van der Waals surface area contributed by atoms with E-state index in [9.17, 15) is 19.5 Å². The Morgan fingerprint density at radius 3 is 2.56 bits per heavy atom. The molecule has 2 amide bonds. The van der Waals surface area contributed by atoms with E-state index < -0.39 is 41.1 Å². The fourth-order valence-electron chi connectivity index (χ4n) is 6.09. The fraction of sp³-hybridized carbons (Fsp3) is 0.708. The molecule has 0 aromatic rings. The van der Waals surface area contributed by atoms with Crippen LogP contribution in [0.5, 0.6) is 0 Å². The van der Waals surface area contributed by atoms with Crippen LogP contribution in [0, 0.1) is 11.8 Å². The third-order valence-corrected chi connectivity index (χ3v) is 7.60. The van der Waals surface area contributed by atoms with E-state index in [-0.39, 0.29) is 31.1 Å². The van der Waals surface area contributed by atoms with E-state index in [4.69, 9.17) is 9.47 Å². The van der Waals surface area contributed by atoms with Crippen molar-refractivity contribution in [3.63, 3.8) is 0 Å². The lowest BCUT2D eigenvalue weighted by atomic mass is 9.74. The molecule has 0 aromatic heterocycles. The second-order valence-electron chi connectivity index (χ2n) is 9.55. The van der Waals surface area contributed by atoms with Gasteiger partial charge >= 0.3 is 5.97 Å². The molecule has 2 saturated heterocycles. The number of esters is 1. The predicted molar refractivity (Wildman–Crippen MR) is 116 cm³/mol. The van der Waals surface area contributed by atoms with Crippen molar-refractivity contribution in [2.24, 2.45) is 11.8 Å². The summed E-state index contributed by atoms with van der Waals surface area (Å²) in [5, 5.41) is 10.1. The van der Waals surface area contributed by atoms with Gasteiger partial charge in [0.1, 0.15) is 24.2 Å². The molecule has 0 aromatic carbocycles. The molecule has 8 heteroatoms. The van der Waals surface area contributed by atoms with E-state index in [0.29, 0.717) is 13.0 Å². The zero-order chi connectivity index (χ0) is 23.3. The highest BCUT2D eigenvalue weighted by atomic mass is 16.6. The van der Waals surface area contributed by atoms with E-state index in [2.05, 4.69) is 6.92 Å². The number of fused-ring (bicyclic) bond motifs is 2. The monoisotopic (exact) mass is 446 g/mol. The van der Waals surface area contributed by atoms with Crippen LogP contribution in [0.25, 0.3) is 0 Å². The van der Waals surface area contributed by atoms with Gasteiger partial charge < -0.3 is 24.4 Å². The van der Waals surface area contributed by atoms with Crippen LogP contribution in [0.1, 0.15) is 47.0 Å². The van der Waals surface area contributed by atoms with Crippen molar-refractivity contribution in [1.29, 1.82) is 0 Å². The standard InChI is InChI=1S/C24H34N2O6/c1-5-9-15(3)25-12-7-11-24-17(18-22(30)31-13-8-10-23(18,4)32-24)20(28)26(16(6-2)14-27)19(24)21(25)29/h7-8,10-11,15-19,27H,5-6,9,12-14H2,1-4H3/t15?,16-,17-,18+,19?,23-,24-/m0/s1. The first-order valence-corrected chi connectivity index (χ1v) is 11.7. The molecule has 1 N–H and O–H groups in total. The molecule has 4 aliphatic rings. The normalized spacial score (nSPS) is 38.0. The minimum atomic E-state index is -1.29. The third-order valence-electron chi connectivity index (χ3n) is 7.60. The maximum atomic E-state index is 14.0. The summed E-state index contributed by atoms with van der Waals surface area (Å²) in [4.78, 5) is 44.3. The largest absolute Gasteiger partial charge is 0.461 e. The van der Waals surface area contributed by atoms with Crippen molar-refractivity contribution in [1.82, 2.24) is 9.80 Å². The van der Waals surface area contributed by atoms with E-state index >= 15 is 0 Å². The average Bonchev–Trinajstić information content (AvgIpc) is 3.01. The minimum absolute atomic E-state index is 0.00941. The van der Waals surface area contributed by atoms with Crippen molar-refractivity contribution >= 4 is 17.8 Å². The van der Waals surface area contributed by atoms with Crippen molar-refractivity contribution in [3.8, 4) is 0 Å². The van der Waals surface area contributed by atoms with Gasteiger partial charge in [-0.25, -0.2) is 0 Å². The summed E-state index contributed by atoms with van der Waals surface area (Å²) in [6.45, 7) is 8.01. The number of ether oxygens (including phenoxy) is 2. The Hall–Kier alpha value is -2.19. The molecule has 32 heavy (non-hydrogen) atoms. The molecule has 0 bridgehead atoms. The van der Waals surface area contributed by atoms with Crippen LogP contribution in [0.2, 0.25) is 0 Å². The van der Waals surface area contributed by atoms with Crippen LogP contribution in [0.4, 0.5) is 0 Å². The molecule has 0 radical (unpaired) electrons. The number of hydrogen-bond donors (Lipinski definition) is 1. The quantitative estimate of drug-likeness (QED) is 0.490. The summed E-state index contributed by atoms with van der Waals surface area (Å²) in [6, 6.07) is -1.49. The molecule has 4 heterocycles. The summed E-state index contributed by atoms with van der Waals surface area (Å²) in [6.07, 6.45) is 9.47. The zero-order valence-electron chi connectivity index (χ0n) is 19.3. The topological polar surface area (TPSA) is 96.4 Å². The van der Waals surface area contributed by atoms with Crippen molar-refractivity contribution < 1.29 is 29.0 Å². The maximum absolute atomic E-state index is 14.0. The van der Waals surface area contributed by atoms with Crippen LogP contribution in [0.3, 0.4) is 0 Å². The first-order valence-electron chi connectivity index (χ1n) is 11.7. The molecule has 2 fully saturated rings. The molecule has 4 aliphatic heterocycles. The van der Waals surface area contributed by atoms with Gasteiger partial charge in [-0.3, -0.25) is 14.4 Å². The van der Waals surface area contributed by atoms with Crippen molar-refractivity contribution in [3.05, 3.63) is 24.3 Å². The Morgan fingerprint density at radius 1 is 1.16 bits per heavy atom. The van der Waals surface area contributed by atoms with Crippen LogP contribution in [-0.4, -0.2) is 81.8 Å². The predicted octanol–water partition coefficient (Wildman–Crippen LogP) is 1.43. The highest BCUT2D eigenvalue weighted by molar-refractivity contribution is 5.99. The molecular weight excluding hydrogens is 412 g/mol. The number of carbonyl (C=O) groups is 3. The number of aliphatic hydroxyl groups excluding tert-OH is 1. The second kappa shape index (κ2) is 8.30. The number of aliphatic hydroxyl groups is 1. The lowest BCUT2D eigenvalue weighted by molar-refractivity contribution is -0.160. The number of cyclic esters (lactones) is 1. The van der Waals surface area contributed by atoms with Crippen LogP contribution in [0.15, 0.2) is 24.3 Å². The lowest BCUT2D eigenvalue weighted by Crippen LogP contribution is -2.59. The number of amides is 2. The van der Waals surface area contributed by atoms with Crippen molar-refractivity contribution in [2.45, 2.75) is 76.3 Å². The van der Waals surface area contributed by atoms with E-state index in [1.807, 2.05) is 26.0 Å². The van der Waals surface area contributed by atoms with Gasteiger partial charge in [-0.1, -0.05) is 38.5 Å². The SMILES string of the molecule is CCCC(C)N1CC=C[C@]23O[C@@]4(C)C=CCOC(=O)[C@H]4[C@H]2C(=O)N([C@@H](CC)CO)C3C1=O. The Kier molecular flexibility index (Phi) is 5.96. The molecular formula is C24H34N2O6. The summed E-state index contributed by atoms with van der Waals surface area (Å²) >= 11 is 0. The second-order valence-corrected chi connectivity index (χ2v) is 9.55. The number of carbonyl (C=O) groups excluding carboxylic acids is 3. The molecule has 176 valence electrons. The smallest absolute Gasteiger partial charge is 0.313 e. The first kappa shape index (κ1) is 23.0. The van der Waals surface area contributed by atoms with Gasteiger partial charge in [-0.05, 0) is 32.8 Å². The zero-order valence-corrected chi connectivity index (χ0v) is 19.3. The van der Waals surface area contributed by atoms with Crippen LogP contribution >= 0.6 is 0 Å². The minimum Gasteiger partial charge on any atom is -0.461 e. The molecule has 2 unspecified atom stereocenters. The highest BCUT2D eigenvalue weighted by Crippen LogP contribution is 2.57. The number of rotatable bonds is 6. The van der Waals surface area contributed by atoms with Crippen molar-refractivity contribution in [2.75, 3.05) is 19.8 Å². The number of nitrogens with zero attached hydrogens (tertiary/aromatic N) is 2. The van der Waals surface area contributed by atoms with Gasteiger partial charge in [0.2, 0.25) is 11.8 Å². The Morgan fingerprint density at radius 2 is 1.91 bits per heavy atom. The molecule has 7 atom stereocenters. The van der Waals surface area contributed by atoms with E-state index in [1.165, 1.54) is 4.90 Å². The number of hydrogen-bond acceptors (Lipinski definition) is 6. The van der Waals surface area contributed by atoms with E-state index in [1.54, 1.807) is 24.0 Å².